The average molecular weight is 338 g/mol. The number of aromatic hydroxyl groups is 1. The minimum Gasteiger partial charge on any atom is -0.507 e. The third-order valence-electron chi connectivity index (χ3n) is 2.91. The van der Waals surface area contributed by atoms with E-state index in [0.717, 1.165) is 0 Å². The van der Waals surface area contributed by atoms with E-state index in [9.17, 15) is 14.3 Å². The van der Waals surface area contributed by atoms with Gasteiger partial charge in [-0.15, -0.1) is 0 Å². The van der Waals surface area contributed by atoms with E-state index in [2.05, 4.69) is 15.9 Å². The van der Waals surface area contributed by atoms with Gasteiger partial charge >= 0.3 is 0 Å². The number of amides is 1. The zero-order valence-corrected chi connectivity index (χ0v) is 12.4. The lowest BCUT2D eigenvalue weighted by molar-refractivity contribution is 0.0783. The molecule has 0 atom stereocenters. The molecule has 104 valence electrons. The molecule has 0 heterocycles. The van der Waals surface area contributed by atoms with Crippen molar-refractivity contribution in [3.8, 4) is 5.75 Å². The van der Waals surface area contributed by atoms with Gasteiger partial charge in [0.2, 0.25) is 0 Å². The number of phenolic OH excluding ortho intramolecular Hbond substituents is 1. The molecule has 1 amide bonds. The van der Waals surface area contributed by atoms with Crippen LogP contribution >= 0.6 is 15.9 Å². The molecule has 2 aromatic carbocycles. The smallest absolute Gasteiger partial charge is 0.254 e. The van der Waals surface area contributed by atoms with Gasteiger partial charge in [0, 0.05) is 24.7 Å². The molecule has 0 saturated heterocycles. The quantitative estimate of drug-likeness (QED) is 0.930. The molecular weight excluding hydrogens is 325 g/mol. The van der Waals surface area contributed by atoms with Gasteiger partial charge in [-0.05, 0) is 40.2 Å². The Labute approximate surface area is 124 Å². The Bertz CT molecular complexity index is 646. The number of nitrogens with zero attached hydrogens (tertiary/aromatic N) is 1. The number of carbonyl (C=O) groups is 1. The van der Waals surface area contributed by atoms with Gasteiger partial charge in [-0.25, -0.2) is 4.39 Å². The predicted octanol–water partition coefficient (Wildman–Crippen LogP) is 3.57. The maximum absolute atomic E-state index is 13.5. The van der Waals surface area contributed by atoms with E-state index in [0.29, 0.717) is 15.6 Å². The molecule has 0 unspecified atom stereocenters. The average Bonchev–Trinajstić information content (AvgIpc) is 2.43. The van der Waals surface area contributed by atoms with E-state index in [1.54, 1.807) is 37.4 Å². The first-order chi connectivity index (χ1) is 9.49. The lowest BCUT2D eigenvalue weighted by Crippen LogP contribution is -2.26. The number of phenols is 1. The van der Waals surface area contributed by atoms with Crippen LogP contribution in [0.4, 0.5) is 4.39 Å². The first-order valence-electron chi connectivity index (χ1n) is 5.96. The van der Waals surface area contributed by atoms with Crippen LogP contribution in [0, 0.1) is 5.82 Å². The Morgan fingerprint density at radius 3 is 2.65 bits per heavy atom. The number of hydrogen-bond donors (Lipinski definition) is 1. The molecule has 0 radical (unpaired) electrons. The van der Waals surface area contributed by atoms with Crippen molar-refractivity contribution >= 4 is 21.8 Å². The van der Waals surface area contributed by atoms with Gasteiger partial charge in [-0.1, -0.05) is 18.2 Å². The molecule has 0 aliphatic heterocycles. The second-order valence-electron chi connectivity index (χ2n) is 4.42. The molecule has 0 bridgehead atoms. The minimum atomic E-state index is -0.342. The summed E-state index contributed by atoms with van der Waals surface area (Å²) in [6, 6.07) is 10.9. The molecular formula is C15H13BrFNO2. The van der Waals surface area contributed by atoms with Crippen LogP contribution in [0.25, 0.3) is 0 Å². The van der Waals surface area contributed by atoms with Crippen LogP contribution in [0.3, 0.4) is 0 Å². The Balaban J connectivity index is 2.16. The van der Waals surface area contributed by atoms with Crippen molar-refractivity contribution in [2.45, 2.75) is 6.54 Å². The van der Waals surface area contributed by atoms with Crippen molar-refractivity contribution < 1.29 is 14.3 Å². The first kappa shape index (κ1) is 14.5. The van der Waals surface area contributed by atoms with Crippen molar-refractivity contribution in [1.29, 1.82) is 0 Å². The van der Waals surface area contributed by atoms with Crippen LogP contribution in [-0.2, 0) is 6.54 Å². The Hall–Kier alpha value is -1.88. The van der Waals surface area contributed by atoms with Gasteiger partial charge in [0.05, 0.1) is 4.47 Å². The Morgan fingerprint density at radius 1 is 1.30 bits per heavy atom. The molecule has 2 rings (SSSR count). The third-order valence-corrected chi connectivity index (χ3v) is 3.58. The molecule has 3 nitrogen and oxygen atoms in total. The fraction of sp³-hybridized carbons (Fsp3) is 0.133. The van der Waals surface area contributed by atoms with Crippen LogP contribution in [0.15, 0.2) is 46.9 Å². The summed E-state index contributed by atoms with van der Waals surface area (Å²) < 4.78 is 14.1. The van der Waals surface area contributed by atoms with E-state index in [1.165, 1.54) is 17.0 Å². The number of halogens is 2. The standard InChI is InChI=1S/C15H13BrFNO2/c1-18(9-11-4-2-3-5-13(11)17)15(20)10-6-7-12(16)14(19)8-10/h2-8,19H,9H2,1H3. The largest absolute Gasteiger partial charge is 0.507 e. The van der Waals surface area contributed by atoms with E-state index in [-0.39, 0.29) is 24.0 Å². The fourth-order valence-corrected chi connectivity index (χ4v) is 2.07. The number of benzene rings is 2. The molecule has 0 fully saturated rings. The van der Waals surface area contributed by atoms with Crippen molar-refractivity contribution in [2.75, 3.05) is 7.05 Å². The highest BCUT2D eigenvalue weighted by molar-refractivity contribution is 9.10. The van der Waals surface area contributed by atoms with Gasteiger partial charge < -0.3 is 10.0 Å². The first-order valence-corrected chi connectivity index (χ1v) is 6.75. The summed E-state index contributed by atoms with van der Waals surface area (Å²) in [6.45, 7) is 0.169. The maximum Gasteiger partial charge on any atom is 0.254 e. The lowest BCUT2D eigenvalue weighted by atomic mass is 10.1. The summed E-state index contributed by atoms with van der Waals surface area (Å²) in [7, 11) is 1.59. The van der Waals surface area contributed by atoms with Crippen LogP contribution < -0.4 is 0 Å². The molecule has 2 aromatic rings. The number of hydrogen-bond acceptors (Lipinski definition) is 2. The van der Waals surface area contributed by atoms with Gasteiger partial charge in [-0.3, -0.25) is 4.79 Å². The molecule has 1 N–H and O–H groups in total. The van der Waals surface area contributed by atoms with Crippen LogP contribution in [0.2, 0.25) is 0 Å². The van der Waals surface area contributed by atoms with Crippen molar-refractivity contribution in [3.05, 3.63) is 63.9 Å². The number of rotatable bonds is 3. The molecule has 20 heavy (non-hydrogen) atoms. The molecule has 0 aliphatic carbocycles. The van der Waals surface area contributed by atoms with Gasteiger partial charge in [0.1, 0.15) is 11.6 Å². The van der Waals surface area contributed by atoms with Crippen molar-refractivity contribution in [3.63, 3.8) is 0 Å². The van der Waals surface area contributed by atoms with Crippen LogP contribution in [0.5, 0.6) is 5.75 Å². The third kappa shape index (κ3) is 3.17. The van der Waals surface area contributed by atoms with E-state index >= 15 is 0 Å². The summed E-state index contributed by atoms with van der Waals surface area (Å²) in [5, 5.41) is 9.59. The molecule has 0 aliphatic rings. The summed E-state index contributed by atoms with van der Waals surface area (Å²) in [5.41, 5.74) is 0.800. The topological polar surface area (TPSA) is 40.5 Å². The highest BCUT2D eigenvalue weighted by Gasteiger charge is 2.14. The van der Waals surface area contributed by atoms with Crippen LogP contribution in [0.1, 0.15) is 15.9 Å². The van der Waals surface area contributed by atoms with E-state index in [1.807, 2.05) is 0 Å². The van der Waals surface area contributed by atoms with Gasteiger partial charge in [0.15, 0.2) is 0 Å². The lowest BCUT2D eigenvalue weighted by Gasteiger charge is -2.18. The monoisotopic (exact) mass is 337 g/mol. The summed E-state index contributed by atoms with van der Waals surface area (Å²) in [5.74, 6) is -0.628. The van der Waals surface area contributed by atoms with E-state index < -0.39 is 0 Å². The molecule has 0 saturated carbocycles. The SMILES string of the molecule is CN(Cc1ccccc1F)C(=O)c1ccc(Br)c(O)c1. The van der Waals surface area contributed by atoms with Gasteiger partial charge in [0.25, 0.3) is 5.91 Å². The maximum atomic E-state index is 13.5. The molecule has 0 aromatic heterocycles. The summed E-state index contributed by atoms with van der Waals surface area (Å²) in [6.07, 6.45) is 0. The highest BCUT2D eigenvalue weighted by Crippen LogP contribution is 2.25. The highest BCUT2D eigenvalue weighted by atomic mass is 79.9. The van der Waals surface area contributed by atoms with Gasteiger partial charge in [-0.2, -0.15) is 0 Å². The van der Waals surface area contributed by atoms with E-state index in [4.69, 9.17) is 0 Å². The second-order valence-corrected chi connectivity index (χ2v) is 5.27. The van der Waals surface area contributed by atoms with Crippen molar-refractivity contribution in [2.24, 2.45) is 0 Å². The minimum absolute atomic E-state index is 0.00450. The van der Waals surface area contributed by atoms with Crippen molar-refractivity contribution in [1.82, 2.24) is 4.90 Å². The summed E-state index contributed by atoms with van der Waals surface area (Å²) in [4.78, 5) is 13.6. The normalized spacial score (nSPS) is 10.3. The number of carbonyl (C=O) groups excluding carboxylic acids is 1. The van der Waals surface area contributed by atoms with Crippen LogP contribution in [-0.4, -0.2) is 23.0 Å². The zero-order valence-electron chi connectivity index (χ0n) is 10.8. The summed E-state index contributed by atoms with van der Waals surface area (Å²) >= 11 is 3.15. The molecule has 5 heteroatoms. The zero-order chi connectivity index (χ0) is 14.7. The predicted molar refractivity (Wildman–Crippen MR) is 78.0 cm³/mol. The fourth-order valence-electron chi connectivity index (χ4n) is 1.82. The second kappa shape index (κ2) is 6.05. The molecule has 0 spiro atoms. The Kier molecular flexibility index (Phi) is 4.39. The Morgan fingerprint density at radius 2 is 2.00 bits per heavy atom.